The third-order valence-electron chi connectivity index (χ3n) is 3.93. The number of nitrogens with zero attached hydrogens (tertiary/aromatic N) is 1. The number of nitrogens with one attached hydrogen (secondary N) is 2. The number of para-hydroxylation sites is 1. The summed E-state index contributed by atoms with van der Waals surface area (Å²) in [6.45, 7) is 0. The lowest BCUT2D eigenvalue weighted by Crippen LogP contribution is -2.14. The quantitative estimate of drug-likeness (QED) is 0.525. The van der Waals surface area contributed by atoms with Gasteiger partial charge in [-0.05, 0) is 17.7 Å². The van der Waals surface area contributed by atoms with E-state index in [0.717, 1.165) is 27.7 Å². The normalized spacial score (nSPS) is 10.9. The van der Waals surface area contributed by atoms with Crippen molar-refractivity contribution in [3.8, 4) is 11.3 Å². The Balaban J connectivity index is 1.49. The van der Waals surface area contributed by atoms with Crippen LogP contribution >= 0.6 is 22.9 Å². The highest BCUT2D eigenvalue weighted by Crippen LogP contribution is 2.30. The molecule has 25 heavy (non-hydrogen) atoms. The van der Waals surface area contributed by atoms with Crippen molar-refractivity contribution in [1.29, 1.82) is 0 Å². The van der Waals surface area contributed by atoms with Gasteiger partial charge in [-0.15, -0.1) is 11.3 Å². The van der Waals surface area contributed by atoms with E-state index in [1.165, 1.54) is 11.3 Å². The molecular weight excluding hydrogens is 354 g/mol. The molecule has 4 aromatic rings. The predicted molar refractivity (Wildman–Crippen MR) is 103 cm³/mol. The number of H-pyrrole nitrogens is 1. The van der Waals surface area contributed by atoms with E-state index in [0.29, 0.717) is 16.6 Å². The third-order valence-corrected chi connectivity index (χ3v) is 5.01. The molecule has 4 nitrogen and oxygen atoms in total. The van der Waals surface area contributed by atoms with Crippen LogP contribution in [0.1, 0.15) is 5.56 Å². The van der Waals surface area contributed by atoms with Crippen LogP contribution in [0.15, 0.2) is 60.1 Å². The first-order chi connectivity index (χ1) is 12.2. The maximum absolute atomic E-state index is 12.4. The molecule has 2 heterocycles. The fourth-order valence-electron chi connectivity index (χ4n) is 2.74. The van der Waals surface area contributed by atoms with Gasteiger partial charge < -0.3 is 10.3 Å². The number of fused-ring (bicyclic) bond motifs is 1. The van der Waals surface area contributed by atoms with E-state index in [9.17, 15) is 4.79 Å². The number of carbonyl (C=O) groups is 1. The predicted octanol–water partition coefficient (Wildman–Crippen LogP) is 5.13. The maximum atomic E-state index is 12.4. The van der Waals surface area contributed by atoms with Crippen LogP contribution in [0.3, 0.4) is 0 Å². The SMILES string of the molecule is O=C(Cc1c[nH]c2ccccc12)Nc1nc(-c2ccccc2Cl)cs1. The molecule has 0 saturated heterocycles. The zero-order valence-electron chi connectivity index (χ0n) is 13.1. The van der Waals surface area contributed by atoms with Crippen molar-refractivity contribution in [2.75, 3.05) is 5.32 Å². The summed E-state index contributed by atoms with van der Waals surface area (Å²) < 4.78 is 0. The molecule has 1 amide bonds. The Kier molecular flexibility index (Phi) is 4.26. The average molecular weight is 368 g/mol. The molecule has 0 saturated carbocycles. The van der Waals surface area contributed by atoms with Gasteiger partial charge in [0.25, 0.3) is 0 Å². The lowest BCUT2D eigenvalue weighted by Gasteiger charge is -2.02. The van der Waals surface area contributed by atoms with Gasteiger partial charge in [0, 0.05) is 33.1 Å². The van der Waals surface area contributed by atoms with Gasteiger partial charge in [0.2, 0.25) is 5.91 Å². The van der Waals surface area contributed by atoms with Crippen LogP contribution < -0.4 is 5.32 Å². The molecule has 0 bridgehead atoms. The zero-order valence-corrected chi connectivity index (χ0v) is 14.7. The van der Waals surface area contributed by atoms with Crippen LogP contribution in [-0.4, -0.2) is 15.9 Å². The minimum atomic E-state index is -0.0928. The van der Waals surface area contributed by atoms with Crippen molar-refractivity contribution in [2.24, 2.45) is 0 Å². The number of aromatic amines is 1. The van der Waals surface area contributed by atoms with Gasteiger partial charge in [0.05, 0.1) is 12.1 Å². The first kappa shape index (κ1) is 15.9. The number of rotatable bonds is 4. The monoisotopic (exact) mass is 367 g/mol. The summed E-state index contributed by atoms with van der Waals surface area (Å²) in [5.41, 5.74) is 3.62. The fraction of sp³-hybridized carbons (Fsp3) is 0.0526. The molecule has 0 atom stereocenters. The summed E-state index contributed by atoms with van der Waals surface area (Å²) in [6, 6.07) is 15.5. The number of anilines is 1. The van der Waals surface area contributed by atoms with Gasteiger partial charge in [0.15, 0.2) is 5.13 Å². The number of hydrogen-bond donors (Lipinski definition) is 2. The van der Waals surface area contributed by atoms with Gasteiger partial charge in [-0.3, -0.25) is 4.79 Å². The van der Waals surface area contributed by atoms with E-state index in [4.69, 9.17) is 11.6 Å². The summed E-state index contributed by atoms with van der Waals surface area (Å²) in [4.78, 5) is 20.0. The number of amides is 1. The van der Waals surface area contributed by atoms with Crippen LogP contribution in [0, 0.1) is 0 Å². The molecule has 0 spiro atoms. The summed E-state index contributed by atoms with van der Waals surface area (Å²) in [5, 5.41) is 7.03. The molecular formula is C19H14ClN3OS. The van der Waals surface area contributed by atoms with E-state index >= 15 is 0 Å². The van der Waals surface area contributed by atoms with Crippen molar-refractivity contribution in [3.63, 3.8) is 0 Å². The molecule has 0 aliphatic heterocycles. The lowest BCUT2D eigenvalue weighted by molar-refractivity contribution is -0.115. The number of thiazole rings is 1. The standard InChI is InChI=1S/C19H14ClN3OS/c20-15-7-3-1-6-14(15)17-11-25-19(22-17)23-18(24)9-12-10-21-16-8-4-2-5-13(12)16/h1-8,10-11,21H,9H2,(H,22,23,24). The first-order valence-electron chi connectivity index (χ1n) is 7.76. The Labute approximate surface area is 153 Å². The second-order valence-corrected chi connectivity index (χ2v) is 6.87. The van der Waals surface area contributed by atoms with Gasteiger partial charge in [-0.1, -0.05) is 48.0 Å². The second-order valence-electron chi connectivity index (χ2n) is 5.60. The molecule has 2 aromatic heterocycles. The summed E-state index contributed by atoms with van der Waals surface area (Å²) >= 11 is 7.59. The van der Waals surface area contributed by atoms with Crippen LogP contribution in [-0.2, 0) is 11.2 Å². The maximum Gasteiger partial charge on any atom is 0.230 e. The topological polar surface area (TPSA) is 57.8 Å². The van der Waals surface area contributed by atoms with E-state index in [-0.39, 0.29) is 5.91 Å². The number of hydrogen-bond acceptors (Lipinski definition) is 3. The van der Waals surface area contributed by atoms with Crippen LogP contribution in [0.2, 0.25) is 5.02 Å². The first-order valence-corrected chi connectivity index (χ1v) is 9.02. The summed E-state index contributed by atoms with van der Waals surface area (Å²) in [6.07, 6.45) is 2.17. The lowest BCUT2D eigenvalue weighted by atomic mass is 10.1. The Morgan fingerprint density at radius 2 is 1.96 bits per heavy atom. The molecule has 6 heteroatoms. The fourth-order valence-corrected chi connectivity index (χ4v) is 3.70. The summed E-state index contributed by atoms with van der Waals surface area (Å²) in [5.74, 6) is -0.0928. The van der Waals surface area contributed by atoms with Crippen molar-refractivity contribution in [3.05, 3.63) is 70.7 Å². The number of carbonyl (C=O) groups excluding carboxylic acids is 1. The molecule has 0 aliphatic rings. The highest BCUT2D eigenvalue weighted by Gasteiger charge is 2.12. The Bertz CT molecular complexity index is 1050. The van der Waals surface area contributed by atoms with Crippen LogP contribution in [0.25, 0.3) is 22.2 Å². The largest absolute Gasteiger partial charge is 0.361 e. The van der Waals surface area contributed by atoms with Crippen LogP contribution in [0.5, 0.6) is 0 Å². The zero-order chi connectivity index (χ0) is 17.2. The molecule has 2 N–H and O–H groups in total. The van der Waals surface area contributed by atoms with E-state index in [1.807, 2.05) is 60.1 Å². The number of halogens is 1. The summed E-state index contributed by atoms with van der Waals surface area (Å²) in [7, 11) is 0. The molecule has 124 valence electrons. The van der Waals surface area contributed by atoms with Crippen molar-refractivity contribution >= 4 is 44.9 Å². The van der Waals surface area contributed by atoms with Gasteiger partial charge >= 0.3 is 0 Å². The molecule has 0 fully saturated rings. The van der Waals surface area contributed by atoms with E-state index < -0.39 is 0 Å². The number of benzene rings is 2. The van der Waals surface area contributed by atoms with Crippen LogP contribution in [0.4, 0.5) is 5.13 Å². The Morgan fingerprint density at radius 1 is 1.16 bits per heavy atom. The highest BCUT2D eigenvalue weighted by molar-refractivity contribution is 7.14. The third kappa shape index (κ3) is 3.29. The van der Waals surface area contributed by atoms with E-state index in [1.54, 1.807) is 0 Å². The van der Waals surface area contributed by atoms with Gasteiger partial charge in [0.1, 0.15) is 0 Å². The molecule has 0 unspecified atom stereocenters. The average Bonchev–Trinajstić information content (AvgIpc) is 3.23. The van der Waals surface area contributed by atoms with E-state index in [2.05, 4.69) is 15.3 Å². The number of aromatic nitrogens is 2. The Morgan fingerprint density at radius 3 is 2.84 bits per heavy atom. The molecule has 0 radical (unpaired) electrons. The minimum absolute atomic E-state index is 0.0928. The van der Waals surface area contributed by atoms with Gasteiger partial charge in [-0.2, -0.15) is 0 Å². The smallest absolute Gasteiger partial charge is 0.230 e. The molecule has 0 aliphatic carbocycles. The van der Waals surface area contributed by atoms with Crippen molar-refractivity contribution in [2.45, 2.75) is 6.42 Å². The van der Waals surface area contributed by atoms with Crippen molar-refractivity contribution < 1.29 is 4.79 Å². The van der Waals surface area contributed by atoms with Gasteiger partial charge in [-0.25, -0.2) is 4.98 Å². The highest BCUT2D eigenvalue weighted by atomic mass is 35.5. The Hall–Kier alpha value is -2.63. The molecule has 2 aromatic carbocycles. The second kappa shape index (κ2) is 6.70. The van der Waals surface area contributed by atoms with Crippen molar-refractivity contribution in [1.82, 2.24) is 9.97 Å². The minimum Gasteiger partial charge on any atom is -0.361 e. The molecule has 4 rings (SSSR count).